The van der Waals surface area contributed by atoms with E-state index >= 15 is 0 Å². The number of H-pyrrole nitrogens is 1. The molecule has 0 saturated heterocycles. The molecule has 90 valence electrons. The summed E-state index contributed by atoms with van der Waals surface area (Å²) in [6.07, 6.45) is 0. The van der Waals surface area contributed by atoms with E-state index < -0.39 is 0 Å². The van der Waals surface area contributed by atoms with Crippen LogP contribution in [-0.2, 0) is 0 Å². The number of nitrogens with one attached hydrogen (secondary N) is 1. The van der Waals surface area contributed by atoms with Gasteiger partial charge in [-0.15, -0.1) is 0 Å². The highest BCUT2D eigenvalue weighted by Crippen LogP contribution is 2.23. The molecule has 1 N–H and O–H groups in total. The normalized spacial score (nSPS) is 11.1. The topological polar surface area (TPSA) is 28.7 Å². The molecule has 3 aromatic rings. The van der Waals surface area contributed by atoms with Crippen molar-refractivity contribution in [1.29, 1.82) is 0 Å². The van der Waals surface area contributed by atoms with E-state index in [0.29, 0.717) is 0 Å². The summed E-state index contributed by atoms with van der Waals surface area (Å²) in [7, 11) is 0. The fourth-order valence-electron chi connectivity index (χ4n) is 2.05. The lowest BCUT2D eigenvalue weighted by Crippen LogP contribution is -1.84. The van der Waals surface area contributed by atoms with E-state index in [1.54, 1.807) is 0 Å². The number of halogens is 1. The van der Waals surface area contributed by atoms with Crippen LogP contribution in [0.4, 0.5) is 0 Å². The van der Waals surface area contributed by atoms with Crippen LogP contribution in [0.25, 0.3) is 22.4 Å². The van der Waals surface area contributed by atoms with Crippen LogP contribution < -0.4 is 0 Å². The van der Waals surface area contributed by atoms with Crippen molar-refractivity contribution in [2.45, 2.75) is 13.8 Å². The predicted molar refractivity (Wildman–Crippen MR) is 83.7 cm³/mol. The Labute approximate surface area is 120 Å². The second-order valence-corrected chi connectivity index (χ2v) is 5.73. The Kier molecular flexibility index (Phi) is 2.86. The van der Waals surface area contributed by atoms with Crippen LogP contribution in [0.2, 0.25) is 0 Å². The van der Waals surface area contributed by atoms with Gasteiger partial charge in [-0.05, 0) is 71.8 Å². The molecule has 1 heterocycles. The molecule has 0 fully saturated rings. The number of imidazole rings is 1. The number of hydrogen-bond acceptors (Lipinski definition) is 1. The van der Waals surface area contributed by atoms with Gasteiger partial charge in [0.2, 0.25) is 0 Å². The zero-order valence-electron chi connectivity index (χ0n) is 10.3. The molecule has 0 aliphatic carbocycles. The molecule has 0 saturated carbocycles. The molecule has 3 rings (SSSR count). The number of fused-ring (bicyclic) bond motifs is 1. The maximum Gasteiger partial charge on any atom is 0.138 e. The number of rotatable bonds is 1. The maximum absolute atomic E-state index is 4.64. The summed E-state index contributed by atoms with van der Waals surface area (Å²) in [4.78, 5) is 8.02. The number of aryl methyl sites for hydroxylation is 2. The van der Waals surface area contributed by atoms with Crippen molar-refractivity contribution in [1.82, 2.24) is 9.97 Å². The molecule has 1 aromatic heterocycles. The zero-order chi connectivity index (χ0) is 12.7. The van der Waals surface area contributed by atoms with Gasteiger partial charge in [0.05, 0.1) is 11.0 Å². The van der Waals surface area contributed by atoms with Gasteiger partial charge in [-0.2, -0.15) is 0 Å². The van der Waals surface area contributed by atoms with Crippen LogP contribution >= 0.6 is 22.6 Å². The van der Waals surface area contributed by atoms with Crippen LogP contribution in [0.15, 0.2) is 36.4 Å². The lowest BCUT2D eigenvalue weighted by molar-refractivity contribution is 1.32. The first-order valence-corrected chi connectivity index (χ1v) is 6.94. The van der Waals surface area contributed by atoms with Gasteiger partial charge in [0.1, 0.15) is 5.82 Å². The summed E-state index contributed by atoms with van der Waals surface area (Å²) in [6, 6.07) is 12.7. The molecule has 0 amide bonds. The predicted octanol–water partition coefficient (Wildman–Crippen LogP) is 4.45. The molecule has 0 spiro atoms. The lowest BCUT2D eigenvalue weighted by Gasteiger charge is -2.00. The number of aromatic nitrogens is 2. The number of benzene rings is 2. The van der Waals surface area contributed by atoms with Crippen molar-refractivity contribution < 1.29 is 0 Å². The molecule has 0 aliphatic rings. The average molecular weight is 348 g/mol. The Morgan fingerprint density at radius 1 is 1.06 bits per heavy atom. The third-order valence-electron chi connectivity index (χ3n) is 3.07. The van der Waals surface area contributed by atoms with Crippen molar-refractivity contribution in [3.05, 3.63) is 51.1 Å². The van der Waals surface area contributed by atoms with E-state index in [1.807, 2.05) is 0 Å². The minimum Gasteiger partial charge on any atom is -0.338 e. The minimum atomic E-state index is 0.940. The third-order valence-corrected chi connectivity index (χ3v) is 4.28. The fourth-order valence-corrected chi connectivity index (χ4v) is 2.39. The molecule has 0 aliphatic heterocycles. The van der Waals surface area contributed by atoms with Crippen LogP contribution in [0.5, 0.6) is 0 Å². The summed E-state index contributed by atoms with van der Waals surface area (Å²) in [6.45, 7) is 4.22. The van der Waals surface area contributed by atoms with Gasteiger partial charge in [-0.3, -0.25) is 0 Å². The minimum absolute atomic E-state index is 0.940. The highest BCUT2D eigenvalue weighted by Gasteiger charge is 2.06. The van der Waals surface area contributed by atoms with E-state index in [1.165, 1.54) is 14.7 Å². The van der Waals surface area contributed by atoms with E-state index in [4.69, 9.17) is 0 Å². The molecule has 0 atom stereocenters. The lowest BCUT2D eigenvalue weighted by atomic mass is 10.1. The number of hydrogen-bond donors (Lipinski definition) is 1. The maximum atomic E-state index is 4.64. The highest BCUT2D eigenvalue weighted by molar-refractivity contribution is 14.1. The second kappa shape index (κ2) is 4.39. The average Bonchev–Trinajstić information content (AvgIpc) is 2.75. The van der Waals surface area contributed by atoms with Gasteiger partial charge in [0.15, 0.2) is 0 Å². The Balaban J connectivity index is 2.16. The molecule has 2 nitrogen and oxygen atoms in total. The smallest absolute Gasteiger partial charge is 0.138 e. The summed E-state index contributed by atoms with van der Waals surface area (Å²) in [5, 5.41) is 0. The van der Waals surface area contributed by atoms with E-state index in [0.717, 1.165) is 22.4 Å². The van der Waals surface area contributed by atoms with Crippen molar-refractivity contribution >= 4 is 33.6 Å². The number of aromatic amines is 1. The first-order chi connectivity index (χ1) is 8.63. The van der Waals surface area contributed by atoms with Gasteiger partial charge < -0.3 is 4.98 Å². The highest BCUT2D eigenvalue weighted by atomic mass is 127. The van der Waals surface area contributed by atoms with Gasteiger partial charge >= 0.3 is 0 Å². The van der Waals surface area contributed by atoms with Crippen LogP contribution in [0.1, 0.15) is 11.1 Å². The van der Waals surface area contributed by atoms with Gasteiger partial charge in [0.25, 0.3) is 0 Å². The molecule has 0 bridgehead atoms. The molecular formula is C15H13IN2. The van der Waals surface area contributed by atoms with Crippen LogP contribution in [0.3, 0.4) is 0 Å². The van der Waals surface area contributed by atoms with Gasteiger partial charge in [0, 0.05) is 9.13 Å². The SMILES string of the molecule is Cc1ccc2nc(-c3ccc(I)c(C)c3)[nH]c2c1. The fraction of sp³-hybridized carbons (Fsp3) is 0.133. The molecule has 3 heteroatoms. The van der Waals surface area contributed by atoms with E-state index in [2.05, 4.69) is 82.8 Å². The third kappa shape index (κ3) is 2.03. The Hall–Kier alpha value is -1.36. The largest absolute Gasteiger partial charge is 0.338 e. The second-order valence-electron chi connectivity index (χ2n) is 4.57. The Morgan fingerprint density at radius 3 is 2.67 bits per heavy atom. The zero-order valence-corrected chi connectivity index (χ0v) is 12.4. The standard InChI is InChI=1S/C15H13IN2/c1-9-3-6-13-14(7-9)18-15(17-13)11-4-5-12(16)10(2)8-11/h3-8H,1-2H3,(H,17,18). The Bertz CT molecular complexity index is 728. The first kappa shape index (κ1) is 11.7. The molecule has 0 radical (unpaired) electrons. The molecule has 18 heavy (non-hydrogen) atoms. The van der Waals surface area contributed by atoms with Crippen molar-refractivity contribution in [3.63, 3.8) is 0 Å². The molecular weight excluding hydrogens is 335 g/mol. The molecule has 0 unspecified atom stereocenters. The van der Waals surface area contributed by atoms with E-state index in [-0.39, 0.29) is 0 Å². The van der Waals surface area contributed by atoms with Gasteiger partial charge in [-0.25, -0.2) is 4.98 Å². The summed E-state index contributed by atoms with van der Waals surface area (Å²) >= 11 is 2.35. The summed E-state index contributed by atoms with van der Waals surface area (Å²) in [5.74, 6) is 0.940. The number of nitrogens with zero attached hydrogens (tertiary/aromatic N) is 1. The molecule has 2 aromatic carbocycles. The van der Waals surface area contributed by atoms with Crippen molar-refractivity contribution in [2.24, 2.45) is 0 Å². The monoisotopic (exact) mass is 348 g/mol. The van der Waals surface area contributed by atoms with Crippen LogP contribution in [0, 0.1) is 17.4 Å². The van der Waals surface area contributed by atoms with Crippen LogP contribution in [-0.4, -0.2) is 9.97 Å². The summed E-state index contributed by atoms with van der Waals surface area (Å²) in [5.41, 5.74) is 5.79. The van der Waals surface area contributed by atoms with Gasteiger partial charge in [-0.1, -0.05) is 12.1 Å². The van der Waals surface area contributed by atoms with Crippen molar-refractivity contribution in [2.75, 3.05) is 0 Å². The Morgan fingerprint density at radius 2 is 1.89 bits per heavy atom. The summed E-state index contributed by atoms with van der Waals surface area (Å²) < 4.78 is 1.28. The van der Waals surface area contributed by atoms with E-state index in [9.17, 15) is 0 Å². The first-order valence-electron chi connectivity index (χ1n) is 5.86. The quantitative estimate of drug-likeness (QED) is 0.647. The van der Waals surface area contributed by atoms with Crippen molar-refractivity contribution in [3.8, 4) is 11.4 Å².